The van der Waals surface area contributed by atoms with Crippen LogP contribution in [-0.4, -0.2) is 140 Å². The van der Waals surface area contributed by atoms with E-state index < -0.39 is 115 Å². The Labute approximate surface area is 322 Å². The Balaban J connectivity index is 2.56. The highest BCUT2D eigenvalue weighted by Crippen LogP contribution is 2.08. The van der Waals surface area contributed by atoms with Crippen molar-refractivity contribution in [1.82, 2.24) is 47.9 Å². The van der Waals surface area contributed by atoms with Crippen molar-refractivity contribution in [3.8, 4) is 0 Å². The van der Waals surface area contributed by atoms with Gasteiger partial charge in [-0.3, -0.25) is 38.6 Å². The number of primary amides is 1. The van der Waals surface area contributed by atoms with E-state index in [4.69, 9.17) is 34.4 Å². The number of guanidine groups is 1. The highest BCUT2D eigenvalue weighted by atomic mass is 16.3. The lowest BCUT2D eigenvalue weighted by molar-refractivity contribution is -0.135. The molecule has 0 aromatic rings. The molecule has 7 atom stereocenters. The van der Waals surface area contributed by atoms with Crippen LogP contribution in [0.2, 0.25) is 0 Å². The van der Waals surface area contributed by atoms with Crippen LogP contribution < -0.4 is 82.3 Å². The molecule has 0 bridgehead atoms. The minimum Gasteiger partial charge on any atom is -0.394 e. The van der Waals surface area contributed by atoms with Crippen LogP contribution >= 0.6 is 0 Å². The Bertz CT molecular complexity index is 1480. The number of carbonyl (C=O) groups is 8. The number of nitrogens with one attached hydrogen (secondary N) is 9. The second kappa shape index (κ2) is 24.0. The van der Waals surface area contributed by atoms with Gasteiger partial charge in [-0.25, -0.2) is 4.79 Å². The molecule has 1 fully saturated rings. The fourth-order valence-electron chi connectivity index (χ4n) is 5.42. The number of nitrogens with two attached hydrogens (primary N) is 6. The Kier molecular flexibility index (Phi) is 19.9. The van der Waals surface area contributed by atoms with Crippen LogP contribution in [0.3, 0.4) is 0 Å². The molecule has 9 amide bonds. The van der Waals surface area contributed by atoms with E-state index in [9.17, 15) is 43.5 Å². The van der Waals surface area contributed by atoms with Gasteiger partial charge in [-0.1, -0.05) is 0 Å². The van der Waals surface area contributed by atoms with E-state index in [-0.39, 0.29) is 31.8 Å². The molecule has 7 unspecified atom stereocenters. The second-order valence-electron chi connectivity index (χ2n) is 13.1. The third-order valence-corrected chi connectivity index (χ3v) is 8.43. The van der Waals surface area contributed by atoms with Crippen LogP contribution in [0, 0.1) is 0 Å². The van der Waals surface area contributed by atoms with Crippen molar-refractivity contribution in [2.45, 2.75) is 87.2 Å². The molecule has 314 valence electrons. The Morgan fingerprint density at radius 1 is 0.857 bits per heavy atom. The Morgan fingerprint density at radius 3 is 2.07 bits per heavy atom. The number of urea groups is 1. The van der Waals surface area contributed by atoms with Crippen molar-refractivity contribution in [2.75, 3.05) is 39.3 Å². The molecule has 0 saturated carbocycles. The van der Waals surface area contributed by atoms with Crippen LogP contribution in [-0.2, 0) is 33.6 Å². The zero-order valence-electron chi connectivity index (χ0n) is 30.9. The maximum atomic E-state index is 13.8. The van der Waals surface area contributed by atoms with Crippen LogP contribution in [0.25, 0.3) is 0 Å². The Hall–Kier alpha value is -5.63. The predicted molar refractivity (Wildman–Crippen MR) is 200 cm³/mol. The van der Waals surface area contributed by atoms with Crippen molar-refractivity contribution in [1.29, 1.82) is 0 Å². The molecule has 56 heavy (non-hydrogen) atoms. The smallest absolute Gasteiger partial charge is 0.316 e. The van der Waals surface area contributed by atoms with E-state index in [1.165, 1.54) is 0 Å². The molecule has 1 saturated heterocycles. The van der Waals surface area contributed by atoms with Gasteiger partial charge in [0.2, 0.25) is 35.4 Å². The lowest BCUT2D eigenvalue weighted by atomic mass is 10.0. The molecule has 2 aliphatic heterocycles. The van der Waals surface area contributed by atoms with Gasteiger partial charge in [0.05, 0.1) is 12.6 Å². The van der Waals surface area contributed by atoms with Gasteiger partial charge >= 0.3 is 6.03 Å². The molecule has 2 rings (SSSR count). The van der Waals surface area contributed by atoms with E-state index in [1.54, 1.807) is 0 Å². The molecule has 25 nitrogen and oxygen atoms in total. The lowest BCUT2D eigenvalue weighted by Crippen LogP contribution is -2.64. The summed E-state index contributed by atoms with van der Waals surface area (Å²) < 4.78 is 0. The summed E-state index contributed by atoms with van der Waals surface area (Å²) >= 11 is 0. The SMILES string of the molecule is NCCCC(N)CC(=O)NCC1NC(=O)C(CO)NC(=O)C(NC(=O)CC(N)CCCN)CNC(=O)C(C2CCN=C(N)N2)NC(=O)/C(=C\NC(N)=O)NC1=O. The van der Waals surface area contributed by atoms with Crippen molar-refractivity contribution in [3.63, 3.8) is 0 Å². The van der Waals surface area contributed by atoms with Gasteiger partial charge in [0.15, 0.2) is 5.96 Å². The number of hydrogen-bond acceptors (Lipinski definition) is 16. The highest BCUT2D eigenvalue weighted by Gasteiger charge is 2.36. The quantitative estimate of drug-likeness (QED) is 0.0645. The molecule has 0 aromatic carbocycles. The summed E-state index contributed by atoms with van der Waals surface area (Å²) in [6.45, 7) is -1.38. The molecular weight excluding hydrogens is 740 g/mol. The molecule has 0 spiro atoms. The van der Waals surface area contributed by atoms with Crippen molar-refractivity contribution in [3.05, 3.63) is 11.9 Å². The number of carbonyl (C=O) groups excluding carboxylic acids is 8. The predicted octanol–water partition coefficient (Wildman–Crippen LogP) is -8.62. The number of aliphatic hydroxyl groups is 1. The van der Waals surface area contributed by atoms with E-state index in [0.717, 1.165) is 6.20 Å². The van der Waals surface area contributed by atoms with E-state index in [0.29, 0.717) is 38.8 Å². The monoisotopic (exact) mass is 796 g/mol. The van der Waals surface area contributed by atoms with Gasteiger partial charge in [0.1, 0.15) is 29.9 Å². The summed E-state index contributed by atoms with van der Waals surface area (Å²) in [5.74, 6) is -6.72. The largest absolute Gasteiger partial charge is 0.394 e. The highest BCUT2D eigenvalue weighted by molar-refractivity contribution is 6.02. The molecule has 0 aliphatic carbocycles. The van der Waals surface area contributed by atoms with Gasteiger partial charge in [0, 0.05) is 50.8 Å². The average molecular weight is 797 g/mol. The average Bonchev–Trinajstić information content (AvgIpc) is 3.14. The Morgan fingerprint density at radius 2 is 1.48 bits per heavy atom. The van der Waals surface area contributed by atoms with Crippen LogP contribution in [0.1, 0.15) is 44.9 Å². The molecule has 25 heteroatoms. The van der Waals surface area contributed by atoms with Gasteiger partial charge < -0.3 is 87.4 Å². The maximum Gasteiger partial charge on any atom is 0.316 e. The first-order chi connectivity index (χ1) is 26.6. The lowest BCUT2D eigenvalue weighted by Gasteiger charge is -2.31. The van der Waals surface area contributed by atoms with E-state index in [1.807, 2.05) is 5.32 Å². The van der Waals surface area contributed by atoms with Gasteiger partial charge in [-0.15, -0.1) is 0 Å². The number of amides is 9. The zero-order valence-corrected chi connectivity index (χ0v) is 30.9. The summed E-state index contributed by atoms with van der Waals surface area (Å²) in [6, 6.07) is -9.76. The van der Waals surface area contributed by atoms with Crippen LogP contribution in [0.15, 0.2) is 16.9 Å². The van der Waals surface area contributed by atoms with Crippen molar-refractivity contribution >= 4 is 53.3 Å². The molecular formula is C31H56N16O9. The third-order valence-electron chi connectivity index (χ3n) is 8.43. The number of rotatable bonds is 16. The summed E-state index contributed by atoms with van der Waals surface area (Å²) in [4.78, 5) is 109. The van der Waals surface area contributed by atoms with Crippen molar-refractivity contribution in [2.24, 2.45) is 39.4 Å². The van der Waals surface area contributed by atoms with Crippen molar-refractivity contribution < 1.29 is 43.5 Å². The zero-order chi connectivity index (χ0) is 41.8. The molecule has 0 aromatic heterocycles. The minimum absolute atomic E-state index is 0.0543. The van der Waals surface area contributed by atoms with Crippen LogP contribution in [0.5, 0.6) is 0 Å². The summed E-state index contributed by atoms with van der Waals surface area (Å²) in [5.41, 5.74) is 33.4. The topological polar surface area (TPSA) is 434 Å². The third kappa shape index (κ3) is 16.4. The van der Waals surface area contributed by atoms with Gasteiger partial charge in [0.25, 0.3) is 5.91 Å². The fraction of sp³-hybridized carbons (Fsp3) is 0.645. The molecule has 0 radical (unpaired) electrons. The fourth-order valence-corrected chi connectivity index (χ4v) is 5.42. The normalized spacial score (nSPS) is 24.4. The summed E-state index contributed by atoms with van der Waals surface area (Å²) in [7, 11) is 0. The number of hydrogen-bond donors (Lipinski definition) is 16. The second-order valence-corrected chi connectivity index (χ2v) is 13.1. The van der Waals surface area contributed by atoms with E-state index in [2.05, 4.69) is 47.5 Å². The first-order valence-electron chi connectivity index (χ1n) is 18.0. The molecule has 22 N–H and O–H groups in total. The first kappa shape index (κ1) is 46.5. The number of aliphatic imine (C=N–C) groups is 1. The van der Waals surface area contributed by atoms with Crippen LogP contribution in [0.4, 0.5) is 4.79 Å². The summed E-state index contributed by atoms with van der Waals surface area (Å²) in [5, 5.41) is 31.6. The molecule has 2 heterocycles. The molecule has 2 aliphatic rings. The van der Waals surface area contributed by atoms with E-state index >= 15 is 0 Å². The summed E-state index contributed by atoms with van der Waals surface area (Å²) in [6.07, 6.45) is 2.38. The number of aliphatic hydroxyl groups excluding tert-OH is 1. The van der Waals surface area contributed by atoms with Gasteiger partial charge in [-0.2, -0.15) is 0 Å². The standard InChI is InChI=1S/C31H56N16O9/c32-6-1-3-15(34)9-22(49)39-11-19-26(52)43-20(13-41-31(37)56)27(53)47-24(17-5-8-38-30(36)46-17)29(55)40-12-18(25(51)45-21(14-48)28(54)44-19)42-23(50)10-16(35)4-2-7-33/h13,15-19,21,24,48H,1-12,14,32-35H2,(H,39,49)(H,40,55)(H,42,50)(H,43,52)(H,44,54)(H,45,51)(H,47,53)(H3,36,38,46)(H3,37,41,56)/b20-13+. The maximum absolute atomic E-state index is 13.8. The minimum atomic E-state index is -1.75. The van der Waals surface area contributed by atoms with Gasteiger partial charge in [-0.05, 0) is 45.2 Å². The number of nitrogens with zero attached hydrogens (tertiary/aromatic N) is 1. The first-order valence-corrected chi connectivity index (χ1v) is 18.0.